The van der Waals surface area contributed by atoms with Gasteiger partial charge in [0, 0.05) is 37.7 Å². The highest BCUT2D eigenvalue weighted by atomic mass is 16.5. The van der Waals surface area contributed by atoms with Crippen LogP contribution in [0.15, 0.2) is 36.4 Å². The molecule has 7 heteroatoms. The molecule has 0 radical (unpaired) electrons. The van der Waals surface area contributed by atoms with Gasteiger partial charge in [0.25, 0.3) is 0 Å². The molecule has 35 heavy (non-hydrogen) atoms. The molecule has 1 unspecified atom stereocenters. The van der Waals surface area contributed by atoms with Gasteiger partial charge in [-0.25, -0.2) is 4.98 Å². The lowest BCUT2D eigenvalue weighted by Gasteiger charge is -2.24. The molecule has 0 aliphatic carbocycles. The van der Waals surface area contributed by atoms with Crippen molar-refractivity contribution in [3.8, 4) is 5.75 Å². The first-order valence-corrected chi connectivity index (χ1v) is 13.1. The monoisotopic (exact) mass is 479 g/mol. The summed E-state index contributed by atoms with van der Waals surface area (Å²) < 4.78 is 11.5. The molecule has 7 nitrogen and oxygen atoms in total. The van der Waals surface area contributed by atoms with Crippen LogP contribution in [0.25, 0.3) is 0 Å². The fraction of sp³-hybridized carbons (Fsp3) is 0.571. The third-order valence-corrected chi connectivity index (χ3v) is 7.55. The number of hydrogen-bond acceptors (Lipinski definition) is 6. The number of aryl methyl sites for hydroxylation is 2. The second kappa shape index (κ2) is 11.4. The molecular weight excluding hydrogens is 442 g/mol. The number of benzene rings is 1. The minimum absolute atomic E-state index is 0.0528. The molecule has 188 valence electrons. The van der Waals surface area contributed by atoms with Crippen molar-refractivity contribution in [1.29, 1.82) is 0 Å². The molecule has 1 aromatic heterocycles. The smallest absolute Gasteiger partial charge is 0.304 e. The van der Waals surface area contributed by atoms with Crippen molar-refractivity contribution < 1.29 is 19.4 Å². The maximum Gasteiger partial charge on any atom is 0.304 e. The van der Waals surface area contributed by atoms with E-state index in [2.05, 4.69) is 22.3 Å². The molecule has 0 saturated carbocycles. The molecule has 2 N–H and O–H groups in total. The van der Waals surface area contributed by atoms with E-state index >= 15 is 0 Å². The van der Waals surface area contributed by atoms with Gasteiger partial charge in [-0.2, -0.15) is 0 Å². The number of nitrogens with zero attached hydrogens (tertiary/aromatic N) is 2. The Balaban J connectivity index is 1.16. The zero-order chi connectivity index (χ0) is 24.0. The van der Waals surface area contributed by atoms with Crippen molar-refractivity contribution in [2.45, 2.75) is 57.0 Å². The number of carbonyl (C=O) groups is 1. The van der Waals surface area contributed by atoms with E-state index in [1.165, 1.54) is 17.7 Å². The van der Waals surface area contributed by atoms with Gasteiger partial charge >= 0.3 is 5.97 Å². The Morgan fingerprint density at radius 2 is 2.23 bits per heavy atom. The Morgan fingerprint density at radius 3 is 3.09 bits per heavy atom. The van der Waals surface area contributed by atoms with Crippen molar-refractivity contribution in [3.63, 3.8) is 0 Å². The van der Waals surface area contributed by atoms with Gasteiger partial charge in [-0.05, 0) is 73.9 Å². The first-order valence-electron chi connectivity index (χ1n) is 13.1. The summed E-state index contributed by atoms with van der Waals surface area (Å²) in [6.07, 6.45) is 6.69. The molecule has 2 fully saturated rings. The summed E-state index contributed by atoms with van der Waals surface area (Å²) in [7, 11) is 0. The zero-order valence-corrected chi connectivity index (χ0v) is 20.5. The number of ether oxygens (including phenoxy) is 2. The topological polar surface area (TPSA) is 83.9 Å². The predicted molar refractivity (Wildman–Crippen MR) is 135 cm³/mol. The summed E-state index contributed by atoms with van der Waals surface area (Å²) >= 11 is 0. The van der Waals surface area contributed by atoms with E-state index < -0.39 is 5.97 Å². The first kappa shape index (κ1) is 24.1. The van der Waals surface area contributed by atoms with Gasteiger partial charge in [0.2, 0.25) is 0 Å². The number of anilines is 1. The molecule has 0 bridgehead atoms. The van der Waals surface area contributed by atoms with Crippen molar-refractivity contribution >= 4 is 11.8 Å². The summed E-state index contributed by atoms with van der Waals surface area (Å²) in [5.74, 6) is 1.70. The van der Waals surface area contributed by atoms with E-state index in [-0.39, 0.29) is 18.4 Å². The summed E-state index contributed by atoms with van der Waals surface area (Å²) in [5, 5.41) is 13.0. The van der Waals surface area contributed by atoms with Crippen LogP contribution < -0.4 is 10.1 Å². The van der Waals surface area contributed by atoms with Gasteiger partial charge in [0.05, 0.1) is 19.6 Å². The van der Waals surface area contributed by atoms with E-state index in [0.717, 1.165) is 82.0 Å². The fourth-order valence-electron chi connectivity index (χ4n) is 5.62. The number of fused-ring (bicyclic) bond motifs is 1. The average molecular weight is 480 g/mol. The van der Waals surface area contributed by atoms with Crippen LogP contribution in [0.5, 0.6) is 5.75 Å². The molecule has 3 aliphatic rings. The van der Waals surface area contributed by atoms with Crippen LogP contribution in [-0.4, -0.2) is 66.5 Å². The quantitative estimate of drug-likeness (QED) is 0.530. The number of aromatic nitrogens is 1. The molecule has 0 spiro atoms. The van der Waals surface area contributed by atoms with Crippen molar-refractivity contribution in [1.82, 2.24) is 9.88 Å². The van der Waals surface area contributed by atoms with Crippen molar-refractivity contribution in [3.05, 3.63) is 53.2 Å². The number of carboxylic acid groups (broad SMARTS) is 1. The first-order chi connectivity index (χ1) is 17.1. The van der Waals surface area contributed by atoms with Gasteiger partial charge in [-0.3, -0.25) is 4.79 Å². The highest BCUT2D eigenvalue weighted by Crippen LogP contribution is 2.30. The molecular formula is C28H37N3O4. The van der Waals surface area contributed by atoms with E-state index in [4.69, 9.17) is 14.5 Å². The second-order valence-electron chi connectivity index (χ2n) is 10.3. The van der Waals surface area contributed by atoms with Crippen LogP contribution in [0, 0.1) is 5.92 Å². The van der Waals surface area contributed by atoms with Crippen molar-refractivity contribution in [2.75, 3.05) is 44.7 Å². The van der Waals surface area contributed by atoms with Crippen molar-refractivity contribution in [2.24, 2.45) is 5.92 Å². The zero-order valence-electron chi connectivity index (χ0n) is 20.5. The Morgan fingerprint density at radius 1 is 1.29 bits per heavy atom. The summed E-state index contributed by atoms with van der Waals surface area (Å²) in [4.78, 5) is 19.0. The van der Waals surface area contributed by atoms with Crippen LogP contribution in [-0.2, 0) is 22.4 Å². The second-order valence-corrected chi connectivity index (χ2v) is 10.3. The predicted octanol–water partition coefficient (Wildman–Crippen LogP) is 4.12. The largest absolute Gasteiger partial charge is 0.488 e. The highest BCUT2D eigenvalue weighted by molar-refractivity contribution is 5.68. The molecule has 2 aromatic rings. The van der Waals surface area contributed by atoms with Crippen LogP contribution in [0.1, 0.15) is 54.8 Å². The minimum Gasteiger partial charge on any atom is -0.488 e. The molecule has 1 aromatic carbocycles. The number of likely N-dealkylation sites (tertiary alicyclic amines) is 1. The Bertz CT molecular complexity index is 1010. The van der Waals surface area contributed by atoms with Gasteiger partial charge < -0.3 is 24.8 Å². The molecule has 4 heterocycles. The summed E-state index contributed by atoms with van der Waals surface area (Å²) in [6.45, 7) is 5.18. The fourth-order valence-corrected chi connectivity index (χ4v) is 5.62. The summed E-state index contributed by atoms with van der Waals surface area (Å²) in [5.41, 5.74) is 3.55. The Labute approximate surface area is 207 Å². The molecule has 3 atom stereocenters. The van der Waals surface area contributed by atoms with E-state index in [1.807, 2.05) is 24.3 Å². The van der Waals surface area contributed by atoms with E-state index in [1.54, 1.807) is 0 Å². The lowest BCUT2D eigenvalue weighted by molar-refractivity contribution is -0.137. The maximum atomic E-state index is 11.7. The molecule has 2 saturated heterocycles. The van der Waals surface area contributed by atoms with Gasteiger partial charge in [-0.1, -0.05) is 18.2 Å². The SMILES string of the molecule is O=C(O)CC(CN1CC[C@@H](CCc2ccc3c(n2)NCCC3)C1)c1cccc(O[C@H]2CCOC2)c1. The van der Waals surface area contributed by atoms with Gasteiger partial charge in [-0.15, -0.1) is 0 Å². The molecule has 5 rings (SSSR count). The van der Waals surface area contributed by atoms with Crippen LogP contribution >= 0.6 is 0 Å². The van der Waals surface area contributed by atoms with E-state index in [0.29, 0.717) is 12.5 Å². The van der Waals surface area contributed by atoms with Gasteiger partial charge in [0.1, 0.15) is 17.7 Å². The Hall–Kier alpha value is -2.64. The third-order valence-electron chi connectivity index (χ3n) is 7.55. The van der Waals surface area contributed by atoms with Crippen LogP contribution in [0.2, 0.25) is 0 Å². The summed E-state index contributed by atoms with van der Waals surface area (Å²) in [6, 6.07) is 12.4. The van der Waals surface area contributed by atoms with E-state index in [9.17, 15) is 9.90 Å². The normalized spacial score (nSPS) is 23.0. The molecule has 3 aliphatic heterocycles. The lowest BCUT2D eigenvalue weighted by atomic mass is 9.94. The standard InChI is InChI=1S/C28H37N3O4/c32-27(33)16-23(22-3-1-5-25(15-22)35-26-11-14-34-19-26)18-31-13-10-20(17-31)6-8-24-9-7-21-4-2-12-29-28(21)30-24/h1,3,5,7,9,15,20,23,26H,2,4,6,8,10-14,16-19H2,(H,29,30)(H,32,33)/t20-,23?,26+/m1/s1. The van der Waals surface area contributed by atoms with Crippen LogP contribution in [0.3, 0.4) is 0 Å². The maximum absolute atomic E-state index is 11.7. The molecule has 0 amide bonds. The minimum atomic E-state index is -0.756. The lowest BCUT2D eigenvalue weighted by Crippen LogP contribution is -2.28. The van der Waals surface area contributed by atoms with Crippen LogP contribution in [0.4, 0.5) is 5.82 Å². The third kappa shape index (κ3) is 6.53. The van der Waals surface area contributed by atoms with Gasteiger partial charge in [0.15, 0.2) is 0 Å². The number of nitrogens with one attached hydrogen (secondary N) is 1. The number of aliphatic carboxylic acids is 1. The number of hydrogen-bond donors (Lipinski definition) is 2. The average Bonchev–Trinajstić information content (AvgIpc) is 3.54. The number of carboxylic acids is 1. The Kier molecular flexibility index (Phi) is 7.84. The highest BCUT2D eigenvalue weighted by Gasteiger charge is 2.27. The number of pyridine rings is 1. The number of rotatable bonds is 10.